The molecule has 0 bridgehead atoms. The maximum atomic E-state index is 12.5. The minimum absolute atomic E-state index is 0.201. The van der Waals surface area contributed by atoms with E-state index in [0.717, 1.165) is 43.2 Å². The number of hydrogen-bond acceptors (Lipinski definition) is 6. The number of ether oxygens (including phenoxy) is 2. The summed E-state index contributed by atoms with van der Waals surface area (Å²) in [5.74, 6) is 2.64. The number of nitrogens with zero attached hydrogens (tertiary/aromatic N) is 4. The lowest BCUT2D eigenvalue weighted by molar-refractivity contribution is 0.0184. The summed E-state index contributed by atoms with van der Waals surface area (Å²) in [7, 11) is 0. The van der Waals surface area contributed by atoms with Gasteiger partial charge in [-0.05, 0) is 45.2 Å². The smallest absolute Gasteiger partial charge is 0.410 e. The van der Waals surface area contributed by atoms with E-state index < -0.39 is 5.60 Å². The van der Waals surface area contributed by atoms with Crippen LogP contribution < -0.4 is 4.74 Å². The topological polar surface area (TPSA) is 66.7 Å². The molecule has 33 heavy (non-hydrogen) atoms. The molecule has 0 spiro atoms. The molecule has 3 aliphatic heterocycles. The Morgan fingerprint density at radius 2 is 1.85 bits per heavy atom. The Morgan fingerprint density at radius 1 is 1.12 bits per heavy atom. The van der Waals surface area contributed by atoms with Gasteiger partial charge >= 0.3 is 6.09 Å². The lowest BCUT2D eigenvalue weighted by Gasteiger charge is -2.39. The van der Waals surface area contributed by atoms with Crippen LogP contribution in [0.15, 0.2) is 52.6 Å². The van der Waals surface area contributed by atoms with Crippen molar-refractivity contribution >= 4 is 17.6 Å². The van der Waals surface area contributed by atoms with Gasteiger partial charge in [-0.15, -0.1) is 0 Å². The van der Waals surface area contributed by atoms with Gasteiger partial charge in [0.1, 0.15) is 23.8 Å². The summed E-state index contributed by atoms with van der Waals surface area (Å²) in [5, 5.41) is 0. The van der Waals surface area contributed by atoms with E-state index in [-0.39, 0.29) is 18.1 Å². The van der Waals surface area contributed by atoms with E-state index in [4.69, 9.17) is 19.5 Å². The molecule has 1 amide bonds. The van der Waals surface area contributed by atoms with E-state index in [1.54, 1.807) is 4.90 Å². The Labute approximate surface area is 197 Å². The quantitative estimate of drug-likeness (QED) is 0.682. The molecule has 0 aliphatic carbocycles. The molecule has 1 aromatic carbocycles. The van der Waals surface area contributed by atoms with Crippen molar-refractivity contribution in [2.45, 2.75) is 52.2 Å². The molecule has 1 fully saturated rings. The average Bonchev–Trinajstić information content (AvgIpc) is 3.20. The van der Waals surface area contributed by atoms with Gasteiger partial charge in [0.2, 0.25) is 0 Å². The van der Waals surface area contributed by atoms with E-state index >= 15 is 0 Å². The highest BCUT2D eigenvalue weighted by Gasteiger charge is 2.39. The molecule has 7 heteroatoms. The first kappa shape index (κ1) is 23.3. The highest BCUT2D eigenvalue weighted by molar-refractivity contribution is 5.96. The first-order chi connectivity index (χ1) is 15.8. The van der Waals surface area contributed by atoms with Crippen LogP contribution in [-0.2, 0) is 4.74 Å². The number of carbonyl (C=O) groups is 1. The van der Waals surface area contributed by atoms with E-state index in [0.29, 0.717) is 25.6 Å². The average molecular weight is 453 g/mol. The molecule has 4 rings (SSSR count). The van der Waals surface area contributed by atoms with Crippen molar-refractivity contribution in [3.63, 3.8) is 0 Å². The molecular weight excluding hydrogens is 416 g/mol. The second-order valence-corrected chi connectivity index (χ2v) is 10.1. The summed E-state index contributed by atoms with van der Waals surface area (Å²) in [5.41, 5.74) is 0.619. The number of fused-ring (bicyclic) bond motifs is 1. The summed E-state index contributed by atoms with van der Waals surface area (Å²) in [6, 6.07) is 10.1. The molecule has 3 unspecified atom stereocenters. The largest absolute Gasteiger partial charge is 0.488 e. The Balaban J connectivity index is 1.41. The number of amidine groups is 1. The van der Waals surface area contributed by atoms with Gasteiger partial charge in [0.15, 0.2) is 0 Å². The fraction of sp³-hybridized carbons (Fsp3) is 0.577. The van der Waals surface area contributed by atoms with Gasteiger partial charge in [-0.2, -0.15) is 0 Å². The minimum Gasteiger partial charge on any atom is -0.488 e. The molecule has 7 nitrogen and oxygen atoms in total. The maximum Gasteiger partial charge on any atom is 0.410 e. The van der Waals surface area contributed by atoms with Crippen LogP contribution in [0, 0.1) is 11.8 Å². The second-order valence-electron chi connectivity index (χ2n) is 10.1. The molecule has 3 aliphatic rings. The Bertz CT molecular complexity index is 911. The van der Waals surface area contributed by atoms with Crippen LogP contribution in [0.5, 0.6) is 5.75 Å². The number of aliphatic imine (C=N–C) groups is 2. The zero-order valence-corrected chi connectivity index (χ0v) is 20.2. The second kappa shape index (κ2) is 9.98. The molecular formula is C26H36N4O3. The number of benzene rings is 1. The minimum atomic E-state index is -0.481. The third-order valence-electron chi connectivity index (χ3n) is 6.34. The highest BCUT2D eigenvalue weighted by Crippen LogP contribution is 2.33. The van der Waals surface area contributed by atoms with Gasteiger partial charge in [-0.25, -0.2) is 9.79 Å². The molecule has 3 heterocycles. The molecule has 178 valence electrons. The lowest BCUT2D eigenvalue weighted by atomic mass is 9.85. The van der Waals surface area contributed by atoms with Crippen molar-refractivity contribution in [2.24, 2.45) is 21.8 Å². The van der Waals surface area contributed by atoms with E-state index in [2.05, 4.69) is 17.9 Å². The molecule has 0 N–H and O–H groups in total. The standard InChI is InChI=1S/C26H36N4O3/c1-19-9-8-12-27-24(29-13-15-30(16-14-29)25(31)33-26(2,3)4)22-17-20(28-23(19)22)18-32-21-10-6-5-7-11-21/h5-8,10-12,19,22-23H,9,13-18H2,1-4H3. The SMILES string of the molecule is CC1CC=CN=C(N2CCN(C(=O)OC(C)(C)C)CC2)C2CC(COc3ccccc3)=NC12. The van der Waals surface area contributed by atoms with Crippen LogP contribution in [0.25, 0.3) is 0 Å². The molecule has 3 atom stereocenters. The zero-order valence-electron chi connectivity index (χ0n) is 20.2. The lowest BCUT2D eigenvalue weighted by Crippen LogP contribution is -2.53. The van der Waals surface area contributed by atoms with Crippen LogP contribution in [0.3, 0.4) is 0 Å². The van der Waals surface area contributed by atoms with Crippen molar-refractivity contribution in [3.05, 3.63) is 42.6 Å². The first-order valence-corrected chi connectivity index (χ1v) is 12.0. The Hall–Kier alpha value is -2.83. The van der Waals surface area contributed by atoms with E-state index in [1.165, 1.54) is 0 Å². The number of allylic oxidation sites excluding steroid dienone is 1. The monoisotopic (exact) mass is 452 g/mol. The summed E-state index contributed by atoms with van der Waals surface area (Å²) in [6.07, 6.45) is 5.69. The van der Waals surface area contributed by atoms with E-state index in [1.807, 2.05) is 57.3 Å². The molecule has 0 radical (unpaired) electrons. The van der Waals surface area contributed by atoms with Crippen LogP contribution in [0.1, 0.15) is 40.5 Å². The fourth-order valence-electron chi connectivity index (χ4n) is 4.68. The predicted octanol–water partition coefficient (Wildman–Crippen LogP) is 4.40. The predicted molar refractivity (Wildman–Crippen MR) is 131 cm³/mol. The molecule has 1 saturated heterocycles. The van der Waals surface area contributed by atoms with Gasteiger partial charge in [0.05, 0.1) is 11.8 Å². The summed E-state index contributed by atoms with van der Waals surface area (Å²) in [6.45, 7) is 11.3. The maximum absolute atomic E-state index is 12.5. The first-order valence-electron chi connectivity index (χ1n) is 12.0. The van der Waals surface area contributed by atoms with Gasteiger partial charge in [-0.1, -0.05) is 31.2 Å². The number of rotatable bonds is 3. The molecule has 1 aromatic rings. The highest BCUT2D eigenvalue weighted by atomic mass is 16.6. The van der Waals surface area contributed by atoms with Gasteiger partial charge in [-0.3, -0.25) is 4.99 Å². The number of para-hydroxylation sites is 1. The van der Waals surface area contributed by atoms with Crippen molar-refractivity contribution < 1.29 is 14.3 Å². The number of carbonyl (C=O) groups excluding carboxylic acids is 1. The summed E-state index contributed by atoms with van der Waals surface area (Å²) in [4.78, 5) is 26.6. The van der Waals surface area contributed by atoms with Crippen LogP contribution in [0.4, 0.5) is 4.79 Å². The summed E-state index contributed by atoms with van der Waals surface area (Å²) < 4.78 is 11.5. The van der Waals surface area contributed by atoms with Gasteiger partial charge in [0.25, 0.3) is 0 Å². The Morgan fingerprint density at radius 3 is 2.55 bits per heavy atom. The normalized spacial score (nSPS) is 25.5. The molecule has 0 saturated carbocycles. The molecule has 0 aromatic heterocycles. The van der Waals surface area contributed by atoms with E-state index in [9.17, 15) is 4.79 Å². The van der Waals surface area contributed by atoms with Gasteiger partial charge < -0.3 is 19.3 Å². The fourth-order valence-corrected chi connectivity index (χ4v) is 4.68. The number of amides is 1. The van der Waals surface area contributed by atoms with Crippen LogP contribution in [0.2, 0.25) is 0 Å². The van der Waals surface area contributed by atoms with Crippen molar-refractivity contribution in [1.29, 1.82) is 0 Å². The zero-order chi connectivity index (χ0) is 23.4. The number of piperazine rings is 1. The third kappa shape index (κ3) is 5.95. The van der Waals surface area contributed by atoms with Crippen LogP contribution in [-0.4, -0.2) is 71.9 Å². The van der Waals surface area contributed by atoms with Crippen molar-refractivity contribution in [1.82, 2.24) is 9.80 Å². The van der Waals surface area contributed by atoms with Crippen molar-refractivity contribution in [2.75, 3.05) is 32.8 Å². The summed E-state index contributed by atoms with van der Waals surface area (Å²) >= 11 is 0. The van der Waals surface area contributed by atoms with Crippen LogP contribution >= 0.6 is 0 Å². The van der Waals surface area contributed by atoms with Crippen molar-refractivity contribution in [3.8, 4) is 5.75 Å². The third-order valence-corrected chi connectivity index (χ3v) is 6.34. The Kier molecular flexibility index (Phi) is 7.05. The number of hydrogen-bond donors (Lipinski definition) is 0. The van der Waals surface area contributed by atoms with Gasteiger partial charge in [0, 0.05) is 44.7 Å².